The maximum Gasteiger partial charge on any atom is 0.139 e. The van der Waals surface area contributed by atoms with Gasteiger partial charge in [0.05, 0.1) is 23.8 Å². The molecule has 0 aromatic carbocycles. The first-order chi connectivity index (χ1) is 12.7. The van der Waals surface area contributed by atoms with Crippen molar-refractivity contribution in [1.29, 1.82) is 5.53 Å². The van der Waals surface area contributed by atoms with E-state index in [1.165, 1.54) is 32.1 Å². The van der Waals surface area contributed by atoms with Crippen LogP contribution < -0.4 is 15.4 Å². The minimum atomic E-state index is 0.459. The lowest BCUT2D eigenvalue weighted by Crippen LogP contribution is -2.46. The summed E-state index contributed by atoms with van der Waals surface area (Å²) < 4.78 is 5.76. The molecule has 2 heterocycles. The van der Waals surface area contributed by atoms with Crippen molar-refractivity contribution in [2.24, 2.45) is 11.0 Å². The lowest BCUT2D eigenvalue weighted by atomic mass is 9.96. The predicted molar refractivity (Wildman–Crippen MR) is 106 cm³/mol. The van der Waals surface area contributed by atoms with Gasteiger partial charge in [0, 0.05) is 18.3 Å². The number of aromatic nitrogens is 1. The van der Waals surface area contributed by atoms with Crippen molar-refractivity contribution in [3.8, 4) is 5.75 Å². The van der Waals surface area contributed by atoms with Crippen LogP contribution in [0.2, 0.25) is 0 Å². The van der Waals surface area contributed by atoms with Crippen molar-refractivity contribution in [2.75, 3.05) is 18.5 Å². The van der Waals surface area contributed by atoms with Gasteiger partial charge in [0.25, 0.3) is 0 Å². The molecular formula is C20H33N5O. The highest BCUT2D eigenvalue weighted by Crippen LogP contribution is 2.20. The Labute approximate surface area is 157 Å². The summed E-state index contributed by atoms with van der Waals surface area (Å²) >= 11 is 0. The van der Waals surface area contributed by atoms with E-state index in [-0.39, 0.29) is 0 Å². The SMILES string of the molecule is CCC(CC)CCCC/C(=C/Nc1cncc(OC[C@@H]2CCN2)c1)N=N. The average Bonchev–Trinajstić information content (AvgIpc) is 2.63. The zero-order valence-electron chi connectivity index (χ0n) is 16.1. The van der Waals surface area contributed by atoms with E-state index in [1.807, 2.05) is 6.07 Å². The minimum absolute atomic E-state index is 0.459. The number of pyridine rings is 1. The molecule has 1 saturated heterocycles. The van der Waals surface area contributed by atoms with E-state index in [0.717, 1.165) is 42.4 Å². The van der Waals surface area contributed by atoms with Crippen LogP contribution in [0.15, 0.2) is 35.5 Å². The molecule has 0 radical (unpaired) electrons. The maximum absolute atomic E-state index is 7.37. The Kier molecular flexibility index (Phi) is 9.10. The second-order valence-corrected chi connectivity index (χ2v) is 6.98. The fourth-order valence-corrected chi connectivity index (χ4v) is 3.03. The summed E-state index contributed by atoms with van der Waals surface area (Å²) in [6, 6.07) is 2.39. The highest BCUT2D eigenvalue weighted by atomic mass is 16.5. The van der Waals surface area contributed by atoms with Crippen LogP contribution in [-0.4, -0.2) is 24.2 Å². The molecule has 0 amide bonds. The molecule has 0 spiro atoms. The Morgan fingerprint density at radius 1 is 1.42 bits per heavy atom. The Morgan fingerprint density at radius 3 is 2.88 bits per heavy atom. The van der Waals surface area contributed by atoms with Gasteiger partial charge in [0.15, 0.2) is 0 Å². The van der Waals surface area contributed by atoms with Gasteiger partial charge in [-0.2, -0.15) is 5.11 Å². The van der Waals surface area contributed by atoms with Crippen molar-refractivity contribution in [3.63, 3.8) is 0 Å². The molecule has 0 bridgehead atoms. The number of allylic oxidation sites excluding steroid dienone is 1. The molecule has 2 rings (SSSR count). The van der Waals surface area contributed by atoms with Gasteiger partial charge in [-0.25, -0.2) is 5.53 Å². The predicted octanol–water partition coefficient (Wildman–Crippen LogP) is 5.10. The number of anilines is 1. The number of nitrogens with one attached hydrogen (secondary N) is 3. The van der Waals surface area contributed by atoms with E-state index in [0.29, 0.717) is 12.6 Å². The van der Waals surface area contributed by atoms with Gasteiger partial charge in [-0.05, 0) is 31.7 Å². The average molecular weight is 360 g/mol. The molecule has 6 heteroatoms. The van der Waals surface area contributed by atoms with Crippen LogP contribution in [0, 0.1) is 11.4 Å². The summed E-state index contributed by atoms with van der Waals surface area (Å²) in [6.45, 7) is 6.27. The lowest BCUT2D eigenvalue weighted by molar-refractivity contribution is 0.217. The van der Waals surface area contributed by atoms with Crippen LogP contribution in [0.1, 0.15) is 58.8 Å². The van der Waals surface area contributed by atoms with Gasteiger partial charge in [-0.1, -0.05) is 39.5 Å². The van der Waals surface area contributed by atoms with E-state index in [9.17, 15) is 0 Å². The Balaban J connectivity index is 1.75. The van der Waals surface area contributed by atoms with Crippen LogP contribution in [0.5, 0.6) is 5.75 Å². The second-order valence-electron chi connectivity index (χ2n) is 6.98. The molecule has 1 fully saturated rings. The smallest absolute Gasteiger partial charge is 0.139 e. The summed E-state index contributed by atoms with van der Waals surface area (Å²) in [4.78, 5) is 4.21. The highest BCUT2D eigenvalue weighted by molar-refractivity contribution is 5.47. The van der Waals surface area contributed by atoms with Crippen LogP contribution >= 0.6 is 0 Å². The molecule has 0 aliphatic carbocycles. The van der Waals surface area contributed by atoms with Crippen molar-refractivity contribution in [2.45, 2.75) is 64.8 Å². The third-order valence-electron chi connectivity index (χ3n) is 5.09. The monoisotopic (exact) mass is 359 g/mol. The molecule has 6 nitrogen and oxygen atoms in total. The molecule has 1 aliphatic rings. The first-order valence-corrected chi connectivity index (χ1v) is 9.89. The maximum atomic E-state index is 7.37. The summed E-state index contributed by atoms with van der Waals surface area (Å²) in [7, 11) is 0. The third-order valence-corrected chi connectivity index (χ3v) is 5.09. The van der Waals surface area contributed by atoms with Crippen molar-refractivity contribution < 1.29 is 4.74 Å². The van der Waals surface area contributed by atoms with Gasteiger partial charge in [-0.3, -0.25) is 4.98 Å². The summed E-state index contributed by atoms with van der Waals surface area (Å²) in [5.41, 5.74) is 8.98. The Hall–Kier alpha value is -1.95. The number of hydrogen-bond donors (Lipinski definition) is 3. The van der Waals surface area contributed by atoms with E-state index in [1.54, 1.807) is 18.6 Å². The number of rotatable bonds is 13. The first-order valence-electron chi connectivity index (χ1n) is 9.89. The van der Waals surface area contributed by atoms with E-state index >= 15 is 0 Å². The minimum Gasteiger partial charge on any atom is -0.490 e. The second kappa shape index (κ2) is 11.6. The van der Waals surface area contributed by atoms with Gasteiger partial charge in [0.2, 0.25) is 0 Å². The quantitative estimate of drug-likeness (QED) is 0.338. The number of ether oxygens (including phenoxy) is 1. The highest BCUT2D eigenvalue weighted by Gasteiger charge is 2.16. The van der Waals surface area contributed by atoms with Gasteiger partial charge >= 0.3 is 0 Å². The molecule has 1 aromatic rings. The molecule has 144 valence electrons. The van der Waals surface area contributed by atoms with Crippen LogP contribution in [0.3, 0.4) is 0 Å². The topological polar surface area (TPSA) is 82.4 Å². The fraction of sp³-hybridized carbons (Fsp3) is 0.650. The zero-order valence-corrected chi connectivity index (χ0v) is 16.1. The standard InChI is InChI=1S/C20H33N5O/c1-3-16(4-2)7-5-6-8-17(25-21)13-24-19-11-20(14-22-12-19)26-15-18-9-10-23-18/h11-14,16,18,21,23-24H,3-10,15H2,1-2H3/b17-13-,25-21?/t18-/m0/s1. The Morgan fingerprint density at radius 2 is 2.23 bits per heavy atom. The third kappa shape index (κ3) is 7.12. The molecule has 0 unspecified atom stereocenters. The molecular weight excluding hydrogens is 326 g/mol. The summed E-state index contributed by atoms with van der Waals surface area (Å²) in [6.07, 6.45) is 13.3. The molecule has 1 aliphatic heterocycles. The summed E-state index contributed by atoms with van der Waals surface area (Å²) in [5.74, 6) is 1.59. The van der Waals surface area contributed by atoms with Gasteiger partial charge in [0.1, 0.15) is 12.4 Å². The molecule has 0 saturated carbocycles. The lowest BCUT2D eigenvalue weighted by Gasteiger charge is -2.27. The molecule has 3 N–H and O–H groups in total. The van der Waals surface area contributed by atoms with E-state index in [2.05, 4.69) is 34.6 Å². The number of nitrogens with zero attached hydrogens (tertiary/aromatic N) is 2. The first kappa shape index (κ1) is 20.4. The van der Waals surface area contributed by atoms with Crippen LogP contribution in [0.4, 0.5) is 5.69 Å². The van der Waals surface area contributed by atoms with Crippen molar-refractivity contribution >= 4 is 5.69 Å². The molecule has 1 atom stereocenters. The van der Waals surface area contributed by atoms with Crippen LogP contribution in [0.25, 0.3) is 0 Å². The Bertz CT molecular complexity index is 567. The zero-order chi connectivity index (χ0) is 18.6. The fourth-order valence-electron chi connectivity index (χ4n) is 3.03. The molecule has 1 aromatic heterocycles. The number of unbranched alkanes of at least 4 members (excludes halogenated alkanes) is 1. The van der Waals surface area contributed by atoms with Gasteiger partial charge < -0.3 is 15.4 Å². The van der Waals surface area contributed by atoms with Crippen molar-refractivity contribution in [1.82, 2.24) is 10.3 Å². The number of hydrogen-bond acceptors (Lipinski definition) is 6. The van der Waals surface area contributed by atoms with Gasteiger partial charge in [-0.15, -0.1) is 0 Å². The van der Waals surface area contributed by atoms with Crippen LogP contribution in [-0.2, 0) is 0 Å². The molecule has 26 heavy (non-hydrogen) atoms. The van der Waals surface area contributed by atoms with E-state index in [4.69, 9.17) is 10.3 Å². The van der Waals surface area contributed by atoms with Crippen molar-refractivity contribution in [3.05, 3.63) is 30.4 Å². The summed E-state index contributed by atoms with van der Waals surface area (Å²) in [5, 5.41) is 10.2. The largest absolute Gasteiger partial charge is 0.490 e. The van der Waals surface area contributed by atoms with E-state index < -0.39 is 0 Å². The normalized spacial score (nSPS) is 17.0.